The minimum absolute atomic E-state index is 0.107. The van der Waals surface area contributed by atoms with Crippen LogP contribution in [-0.2, 0) is 65.4 Å². The van der Waals surface area contributed by atoms with Crippen LogP contribution in [0.2, 0.25) is 0 Å². The summed E-state index contributed by atoms with van der Waals surface area (Å²) in [6.07, 6.45) is 51.2. The number of carbonyl (C=O) groups excluding carboxylic acids is 4. The zero-order valence-corrected chi connectivity index (χ0v) is 60.1. The summed E-state index contributed by atoms with van der Waals surface area (Å²) in [4.78, 5) is 72.5. The van der Waals surface area contributed by atoms with Crippen LogP contribution >= 0.6 is 15.6 Å². The van der Waals surface area contributed by atoms with Crippen LogP contribution in [0.1, 0.15) is 369 Å². The molecule has 0 saturated carbocycles. The monoisotopic (exact) mass is 1320 g/mol. The van der Waals surface area contributed by atoms with Gasteiger partial charge in [0.25, 0.3) is 0 Å². The SMILES string of the molecule is CCCCCCCCCCCCCCCCC(=O)OC[C@H](COP(=O)(O)OC[C@@H](O)COP(=O)(O)OC[C@@H](COC(=O)CCCCCCCCCCC)OC(=O)CCCCCCCCCCCCC)OC(=O)CCCCCCCCCCCCCCCC(C)C. The maximum absolute atomic E-state index is 13.0. The van der Waals surface area contributed by atoms with Gasteiger partial charge in [-0.05, 0) is 31.6 Å². The summed E-state index contributed by atoms with van der Waals surface area (Å²) in [6.45, 7) is 7.26. The maximum atomic E-state index is 13.0. The molecule has 5 atom stereocenters. The fourth-order valence-electron chi connectivity index (χ4n) is 10.8. The van der Waals surface area contributed by atoms with E-state index in [1.807, 2.05) is 0 Å². The summed E-state index contributed by atoms with van der Waals surface area (Å²) in [6, 6.07) is 0. The van der Waals surface area contributed by atoms with E-state index in [0.29, 0.717) is 25.7 Å². The number of hydrogen-bond donors (Lipinski definition) is 3. The second kappa shape index (κ2) is 64.4. The van der Waals surface area contributed by atoms with Crippen molar-refractivity contribution >= 4 is 39.5 Å². The number of phosphoric ester groups is 2. The maximum Gasteiger partial charge on any atom is 0.472 e. The van der Waals surface area contributed by atoms with Crippen molar-refractivity contribution in [2.45, 2.75) is 387 Å². The molecule has 0 bridgehead atoms. The third-order valence-corrected chi connectivity index (χ3v) is 18.4. The number of carbonyl (C=O) groups is 4. The van der Waals surface area contributed by atoms with E-state index in [2.05, 4.69) is 34.6 Å². The van der Waals surface area contributed by atoms with Crippen LogP contribution in [0, 0.1) is 5.92 Å². The predicted molar refractivity (Wildman–Crippen MR) is 363 cm³/mol. The molecule has 0 fully saturated rings. The van der Waals surface area contributed by atoms with E-state index in [1.54, 1.807) is 0 Å². The highest BCUT2D eigenvalue weighted by Crippen LogP contribution is 2.45. The highest BCUT2D eigenvalue weighted by molar-refractivity contribution is 7.47. The van der Waals surface area contributed by atoms with Gasteiger partial charge in [0, 0.05) is 25.7 Å². The summed E-state index contributed by atoms with van der Waals surface area (Å²) in [5, 5.41) is 10.6. The first-order chi connectivity index (χ1) is 43.5. The highest BCUT2D eigenvalue weighted by atomic mass is 31.2. The summed E-state index contributed by atoms with van der Waals surface area (Å²) in [7, 11) is -9.90. The van der Waals surface area contributed by atoms with Gasteiger partial charge in [-0.25, -0.2) is 9.13 Å². The Morgan fingerprint density at radius 1 is 0.300 bits per heavy atom. The molecule has 2 unspecified atom stereocenters. The first-order valence-corrected chi connectivity index (χ1v) is 40.1. The molecule has 0 aliphatic rings. The molecule has 0 heterocycles. The quantitative estimate of drug-likeness (QED) is 0.0222. The molecule has 0 rings (SSSR count). The second-order valence-electron chi connectivity index (χ2n) is 26.1. The number of aliphatic hydroxyl groups is 1. The summed E-state index contributed by atoms with van der Waals surface area (Å²) < 4.78 is 68.3. The van der Waals surface area contributed by atoms with Gasteiger partial charge in [0.15, 0.2) is 12.2 Å². The van der Waals surface area contributed by atoms with Gasteiger partial charge in [0.05, 0.1) is 26.4 Å². The fourth-order valence-corrected chi connectivity index (χ4v) is 12.4. The number of ether oxygens (including phenoxy) is 4. The molecule has 0 radical (unpaired) electrons. The van der Waals surface area contributed by atoms with Crippen LogP contribution in [0.15, 0.2) is 0 Å². The average molecular weight is 1330 g/mol. The molecule has 3 N–H and O–H groups in total. The van der Waals surface area contributed by atoms with E-state index in [4.69, 9.17) is 37.0 Å². The number of esters is 4. The van der Waals surface area contributed by atoms with E-state index >= 15 is 0 Å². The molecule has 17 nitrogen and oxygen atoms in total. The van der Waals surface area contributed by atoms with Crippen molar-refractivity contribution in [1.29, 1.82) is 0 Å². The van der Waals surface area contributed by atoms with Crippen molar-refractivity contribution in [2.24, 2.45) is 5.92 Å². The average Bonchev–Trinajstić information content (AvgIpc) is 3.16. The van der Waals surface area contributed by atoms with Gasteiger partial charge >= 0.3 is 39.5 Å². The summed E-state index contributed by atoms with van der Waals surface area (Å²) in [5.41, 5.74) is 0. The third kappa shape index (κ3) is 64.8. The molecule has 90 heavy (non-hydrogen) atoms. The zero-order chi connectivity index (χ0) is 66.3. The summed E-state index contributed by atoms with van der Waals surface area (Å²) in [5.74, 6) is -1.33. The lowest BCUT2D eigenvalue weighted by Gasteiger charge is -2.21. The van der Waals surface area contributed by atoms with E-state index in [1.165, 1.54) is 193 Å². The molecule has 0 aliphatic heterocycles. The third-order valence-electron chi connectivity index (χ3n) is 16.5. The van der Waals surface area contributed by atoms with E-state index in [0.717, 1.165) is 95.8 Å². The van der Waals surface area contributed by atoms with Crippen molar-refractivity contribution in [3.63, 3.8) is 0 Å². The Bertz CT molecular complexity index is 1740. The van der Waals surface area contributed by atoms with Crippen molar-refractivity contribution in [1.82, 2.24) is 0 Å². The van der Waals surface area contributed by atoms with Crippen LogP contribution in [0.4, 0.5) is 0 Å². The van der Waals surface area contributed by atoms with E-state index in [-0.39, 0.29) is 25.7 Å². The van der Waals surface area contributed by atoms with Gasteiger partial charge in [-0.1, -0.05) is 317 Å². The van der Waals surface area contributed by atoms with E-state index in [9.17, 15) is 43.2 Å². The van der Waals surface area contributed by atoms with Crippen LogP contribution in [0.5, 0.6) is 0 Å². The normalized spacial score (nSPS) is 14.1. The van der Waals surface area contributed by atoms with Crippen molar-refractivity contribution in [2.75, 3.05) is 39.6 Å². The standard InChI is InChI=1S/C71H138O17P2/c1-6-9-12-15-18-21-23-24-27-31-35-40-45-50-55-69(74)82-61-67(88-71(76)57-52-47-42-37-32-28-25-26-30-34-38-43-48-53-64(4)5)63-86-90(79,80)84-59-65(72)58-83-89(77,78)85-62-66(60-81-68(73)54-49-44-39-33-20-17-14-11-8-3)87-70(75)56-51-46-41-36-29-22-19-16-13-10-7-2/h64-67,72H,6-63H2,1-5H3,(H,77,78)(H,79,80)/t65-,66+,67+/m0/s1. The van der Waals surface area contributed by atoms with Gasteiger partial charge in [-0.15, -0.1) is 0 Å². The van der Waals surface area contributed by atoms with Gasteiger partial charge in [-0.2, -0.15) is 0 Å². The lowest BCUT2D eigenvalue weighted by molar-refractivity contribution is -0.161. The Kier molecular flexibility index (Phi) is 63.0. The van der Waals surface area contributed by atoms with Gasteiger partial charge < -0.3 is 33.8 Å². The Labute approximate surface area is 549 Å². The van der Waals surface area contributed by atoms with Gasteiger partial charge in [-0.3, -0.25) is 37.3 Å². The topological polar surface area (TPSA) is 237 Å². The number of rotatable bonds is 71. The fraction of sp³-hybridized carbons (Fsp3) is 0.944. The zero-order valence-electron chi connectivity index (χ0n) is 58.3. The largest absolute Gasteiger partial charge is 0.472 e. The number of hydrogen-bond acceptors (Lipinski definition) is 15. The minimum Gasteiger partial charge on any atom is -0.462 e. The molecule has 0 amide bonds. The van der Waals surface area contributed by atoms with Crippen molar-refractivity contribution < 1.29 is 80.2 Å². The number of aliphatic hydroxyl groups excluding tert-OH is 1. The van der Waals surface area contributed by atoms with Gasteiger partial charge in [0.1, 0.15) is 19.3 Å². The Morgan fingerprint density at radius 3 is 0.756 bits per heavy atom. The van der Waals surface area contributed by atoms with Crippen LogP contribution in [0.25, 0.3) is 0 Å². The first kappa shape index (κ1) is 88.1. The lowest BCUT2D eigenvalue weighted by atomic mass is 10.0. The molecular formula is C71H138O17P2. The molecule has 0 spiro atoms. The first-order valence-electron chi connectivity index (χ1n) is 37.1. The lowest BCUT2D eigenvalue weighted by Crippen LogP contribution is -2.30. The van der Waals surface area contributed by atoms with Crippen LogP contribution < -0.4 is 0 Å². The highest BCUT2D eigenvalue weighted by Gasteiger charge is 2.30. The molecule has 0 aliphatic carbocycles. The molecule has 0 aromatic rings. The van der Waals surface area contributed by atoms with E-state index < -0.39 is 97.5 Å². The minimum atomic E-state index is -4.95. The van der Waals surface area contributed by atoms with Crippen LogP contribution in [0.3, 0.4) is 0 Å². The van der Waals surface area contributed by atoms with Crippen LogP contribution in [-0.4, -0.2) is 96.7 Å². The summed E-state index contributed by atoms with van der Waals surface area (Å²) >= 11 is 0. The molecular weight excluding hydrogens is 1190 g/mol. The second-order valence-corrected chi connectivity index (χ2v) is 29.0. The predicted octanol–water partition coefficient (Wildman–Crippen LogP) is 20.5. The molecule has 534 valence electrons. The van der Waals surface area contributed by atoms with Crippen molar-refractivity contribution in [3.05, 3.63) is 0 Å². The van der Waals surface area contributed by atoms with Gasteiger partial charge in [0.2, 0.25) is 0 Å². The Balaban J connectivity index is 5.23. The molecule has 0 aromatic carbocycles. The molecule has 0 saturated heterocycles. The smallest absolute Gasteiger partial charge is 0.462 e. The number of unbranched alkanes of at least 4 members (excludes halogenated alkanes) is 43. The number of phosphoric acid groups is 2. The molecule has 19 heteroatoms. The van der Waals surface area contributed by atoms with Crippen molar-refractivity contribution in [3.8, 4) is 0 Å². The Morgan fingerprint density at radius 2 is 0.511 bits per heavy atom. The Hall–Kier alpha value is -1.94. The molecule has 0 aromatic heterocycles.